The van der Waals surface area contributed by atoms with E-state index in [0.29, 0.717) is 22.3 Å². The molecule has 5 nitrogen and oxygen atoms in total. The van der Waals surface area contributed by atoms with Crippen LogP contribution in [0.1, 0.15) is 11.3 Å². The van der Waals surface area contributed by atoms with E-state index in [1.165, 1.54) is 0 Å². The topological polar surface area (TPSA) is 58.9 Å². The van der Waals surface area contributed by atoms with Crippen LogP contribution in [0.5, 0.6) is 0 Å². The molecule has 2 heterocycles. The van der Waals surface area contributed by atoms with E-state index in [2.05, 4.69) is 25.0 Å². The van der Waals surface area contributed by atoms with Crippen molar-refractivity contribution in [1.82, 2.24) is 20.0 Å². The normalized spacial score (nSPS) is 11.4. The predicted molar refractivity (Wildman–Crippen MR) is 88.9 cm³/mol. The lowest BCUT2D eigenvalue weighted by atomic mass is 10.2. The van der Waals surface area contributed by atoms with Crippen molar-refractivity contribution < 1.29 is 0 Å². The molecule has 0 aliphatic carbocycles. The van der Waals surface area contributed by atoms with E-state index in [4.69, 9.17) is 23.2 Å². The lowest BCUT2D eigenvalue weighted by Crippen LogP contribution is -2.02. The summed E-state index contributed by atoms with van der Waals surface area (Å²) >= 11 is 12.1. The van der Waals surface area contributed by atoms with Crippen LogP contribution in [-0.2, 0) is 6.54 Å². The van der Waals surface area contributed by atoms with Crippen molar-refractivity contribution in [2.75, 3.05) is 7.05 Å². The number of aromatic nitrogens is 4. The molecule has 0 saturated carbocycles. The van der Waals surface area contributed by atoms with Gasteiger partial charge in [-0.3, -0.25) is 4.99 Å². The van der Waals surface area contributed by atoms with Gasteiger partial charge in [-0.2, -0.15) is 15.4 Å². The van der Waals surface area contributed by atoms with Crippen LogP contribution in [0.15, 0.2) is 41.5 Å². The van der Waals surface area contributed by atoms with E-state index < -0.39 is 0 Å². The fraction of sp³-hybridized carbons (Fsp3) is 0.133. The van der Waals surface area contributed by atoms with Crippen LogP contribution >= 0.6 is 23.2 Å². The van der Waals surface area contributed by atoms with Crippen LogP contribution in [0.2, 0.25) is 10.0 Å². The Morgan fingerprint density at radius 3 is 2.73 bits per heavy atom. The maximum atomic E-state index is 6.06. The maximum Gasteiger partial charge on any atom is 0.138 e. The predicted octanol–water partition coefficient (Wildman–Crippen LogP) is 3.68. The summed E-state index contributed by atoms with van der Waals surface area (Å²) in [6.45, 7) is 0.637. The number of nitrogens with zero attached hydrogens (tertiary/aromatic N) is 4. The number of benzene rings is 1. The van der Waals surface area contributed by atoms with Gasteiger partial charge in [-0.25, -0.2) is 0 Å². The Balaban J connectivity index is 1.97. The van der Waals surface area contributed by atoms with E-state index >= 15 is 0 Å². The van der Waals surface area contributed by atoms with Crippen molar-refractivity contribution in [3.63, 3.8) is 0 Å². The monoisotopic (exact) mass is 333 g/mol. The second kappa shape index (κ2) is 6.34. The molecule has 1 N–H and O–H groups in total. The number of hydrogen-bond acceptors (Lipinski definition) is 3. The van der Waals surface area contributed by atoms with Crippen molar-refractivity contribution in [2.24, 2.45) is 4.99 Å². The Bertz CT molecular complexity index is 799. The smallest absolute Gasteiger partial charge is 0.138 e. The molecule has 2 aromatic heterocycles. The average Bonchev–Trinajstić information content (AvgIpc) is 3.07. The number of hydrogen-bond donors (Lipinski definition) is 1. The van der Waals surface area contributed by atoms with Crippen LogP contribution in [0.4, 0.5) is 0 Å². The van der Waals surface area contributed by atoms with Gasteiger partial charge in [0.2, 0.25) is 0 Å². The Kier molecular flexibility index (Phi) is 4.27. The molecule has 0 fully saturated rings. The standard InChI is InChI=1S/C15H13Cl2N5/c1-18-8-13-15(20-21-19-13)14-3-2-4-22(14)9-10-5-11(16)7-12(17)6-10/h2-8H,9H2,1H3,(H,19,20,21). The molecule has 0 amide bonds. The molecule has 7 heteroatoms. The fourth-order valence-corrected chi connectivity index (χ4v) is 2.88. The molecule has 0 radical (unpaired) electrons. The highest BCUT2D eigenvalue weighted by atomic mass is 35.5. The third-order valence-electron chi connectivity index (χ3n) is 3.17. The first-order valence-corrected chi connectivity index (χ1v) is 7.36. The zero-order valence-electron chi connectivity index (χ0n) is 11.8. The van der Waals surface area contributed by atoms with Crippen molar-refractivity contribution in [2.45, 2.75) is 6.54 Å². The molecule has 112 valence electrons. The number of aliphatic imine (C=N–C) groups is 1. The van der Waals surface area contributed by atoms with E-state index in [1.54, 1.807) is 19.3 Å². The van der Waals surface area contributed by atoms with E-state index in [1.807, 2.05) is 30.5 Å². The van der Waals surface area contributed by atoms with E-state index in [0.717, 1.165) is 17.0 Å². The minimum Gasteiger partial charge on any atom is -0.342 e. The van der Waals surface area contributed by atoms with Crippen LogP contribution in [0, 0.1) is 0 Å². The van der Waals surface area contributed by atoms with E-state index in [9.17, 15) is 0 Å². The lowest BCUT2D eigenvalue weighted by Gasteiger charge is -2.09. The SMILES string of the molecule is CN=Cc1n[nH]nc1-c1cccn1Cc1cc(Cl)cc(Cl)c1. The highest BCUT2D eigenvalue weighted by molar-refractivity contribution is 6.34. The second-order valence-corrected chi connectivity index (χ2v) is 5.62. The summed E-state index contributed by atoms with van der Waals surface area (Å²) in [5.41, 5.74) is 3.42. The number of halogens is 2. The molecule has 0 bridgehead atoms. The van der Waals surface area contributed by atoms with Crippen LogP contribution in [0.3, 0.4) is 0 Å². The van der Waals surface area contributed by atoms with E-state index in [-0.39, 0.29) is 0 Å². The molecular formula is C15H13Cl2N5. The zero-order valence-corrected chi connectivity index (χ0v) is 13.3. The van der Waals surface area contributed by atoms with Gasteiger partial charge >= 0.3 is 0 Å². The molecule has 0 atom stereocenters. The first-order valence-electron chi connectivity index (χ1n) is 6.61. The molecule has 1 aromatic carbocycles. The number of aromatic amines is 1. The van der Waals surface area contributed by atoms with Crippen LogP contribution < -0.4 is 0 Å². The molecule has 22 heavy (non-hydrogen) atoms. The van der Waals surface area contributed by atoms with Crippen molar-refractivity contribution >= 4 is 29.4 Å². The van der Waals surface area contributed by atoms with Gasteiger partial charge in [0.1, 0.15) is 11.4 Å². The molecule has 0 aliphatic rings. The van der Waals surface area contributed by atoms with Gasteiger partial charge < -0.3 is 4.57 Å². The molecule has 0 aliphatic heterocycles. The molecule has 3 rings (SSSR count). The summed E-state index contributed by atoms with van der Waals surface area (Å²) in [4.78, 5) is 3.99. The molecule has 3 aromatic rings. The third-order valence-corrected chi connectivity index (χ3v) is 3.61. The summed E-state index contributed by atoms with van der Waals surface area (Å²) in [6.07, 6.45) is 3.65. The summed E-state index contributed by atoms with van der Waals surface area (Å²) in [7, 11) is 1.70. The van der Waals surface area contributed by atoms with Crippen molar-refractivity contribution in [1.29, 1.82) is 0 Å². The minimum absolute atomic E-state index is 0.622. The molecule has 0 saturated heterocycles. The highest BCUT2D eigenvalue weighted by Crippen LogP contribution is 2.23. The number of H-pyrrole nitrogens is 1. The maximum absolute atomic E-state index is 6.06. The minimum atomic E-state index is 0.622. The number of rotatable bonds is 4. The first-order chi connectivity index (χ1) is 10.7. The Labute approximate surface area is 137 Å². The van der Waals surface area contributed by atoms with Crippen LogP contribution in [-0.4, -0.2) is 33.2 Å². The molecular weight excluding hydrogens is 321 g/mol. The largest absolute Gasteiger partial charge is 0.342 e. The Morgan fingerprint density at radius 1 is 1.23 bits per heavy atom. The highest BCUT2D eigenvalue weighted by Gasteiger charge is 2.13. The Hall–Kier alpha value is -2.11. The second-order valence-electron chi connectivity index (χ2n) is 4.74. The van der Waals surface area contributed by atoms with Crippen molar-refractivity contribution in [3.8, 4) is 11.4 Å². The molecule has 0 unspecified atom stereocenters. The fourth-order valence-electron chi connectivity index (χ4n) is 2.31. The van der Waals surface area contributed by atoms with Gasteiger partial charge in [-0.15, -0.1) is 0 Å². The summed E-state index contributed by atoms with van der Waals surface area (Å²) in [6, 6.07) is 9.46. The summed E-state index contributed by atoms with van der Waals surface area (Å²) < 4.78 is 2.06. The van der Waals surface area contributed by atoms with Gasteiger partial charge in [-0.1, -0.05) is 23.2 Å². The van der Waals surface area contributed by atoms with Crippen LogP contribution in [0.25, 0.3) is 11.4 Å². The van der Waals surface area contributed by atoms with Gasteiger partial charge in [0, 0.05) is 29.8 Å². The van der Waals surface area contributed by atoms with Gasteiger partial charge in [0.05, 0.1) is 11.9 Å². The lowest BCUT2D eigenvalue weighted by molar-refractivity contribution is 0.810. The van der Waals surface area contributed by atoms with Gasteiger partial charge in [0.25, 0.3) is 0 Å². The third kappa shape index (κ3) is 3.05. The quantitative estimate of drug-likeness (QED) is 0.740. The number of nitrogens with one attached hydrogen (secondary N) is 1. The molecule has 0 spiro atoms. The van der Waals surface area contributed by atoms with Gasteiger partial charge in [0.15, 0.2) is 0 Å². The Morgan fingerprint density at radius 2 is 2.00 bits per heavy atom. The average molecular weight is 334 g/mol. The van der Waals surface area contributed by atoms with Crippen molar-refractivity contribution in [3.05, 3.63) is 57.8 Å². The summed E-state index contributed by atoms with van der Waals surface area (Å²) in [5.74, 6) is 0. The van der Waals surface area contributed by atoms with Gasteiger partial charge in [-0.05, 0) is 35.9 Å². The first kappa shape index (κ1) is 14.8. The summed E-state index contributed by atoms with van der Waals surface area (Å²) in [5, 5.41) is 12.2. The zero-order chi connectivity index (χ0) is 15.5.